The normalized spacial score (nSPS) is 41.0. The molecule has 1 fully saturated rings. The molecule has 0 aromatic rings. The van der Waals surface area contributed by atoms with Crippen molar-refractivity contribution < 1.29 is 4.74 Å². The molecule has 2 heterocycles. The highest BCUT2D eigenvalue weighted by atomic mass is 16.5. The fourth-order valence-electron chi connectivity index (χ4n) is 3.14. The Balaban J connectivity index is 2.19. The molecule has 0 radical (unpaired) electrons. The highest BCUT2D eigenvalue weighted by molar-refractivity contribution is 5.81. The zero-order valence-electron chi connectivity index (χ0n) is 9.86. The standard InChI is InChI=1S/C11H21N3O/c1-4-14-10(12)13-7-11(14)5-8(2)15-9(3)6-11/h8-9H,4-7H2,1-3H3,(H2,12,13). The van der Waals surface area contributed by atoms with Gasteiger partial charge in [0.15, 0.2) is 5.96 Å². The first-order chi connectivity index (χ1) is 7.07. The van der Waals surface area contributed by atoms with Crippen molar-refractivity contribution in [3.63, 3.8) is 0 Å². The van der Waals surface area contributed by atoms with Gasteiger partial charge in [-0.15, -0.1) is 0 Å². The Morgan fingerprint density at radius 3 is 2.60 bits per heavy atom. The van der Waals surface area contributed by atoms with E-state index in [1.807, 2.05) is 0 Å². The van der Waals surface area contributed by atoms with Crippen LogP contribution in [0.4, 0.5) is 0 Å². The first-order valence-corrected chi connectivity index (χ1v) is 5.80. The molecule has 2 aliphatic rings. The molecule has 1 saturated heterocycles. The summed E-state index contributed by atoms with van der Waals surface area (Å²) in [4.78, 5) is 6.65. The molecule has 0 bridgehead atoms. The van der Waals surface area contributed by atoms with Crippen LogP contribution < -0.4 is 5.73 Å². The molecule has 2 atom stereocenters. The van der Waals surface area contributed by atoms with E-state index >= 15 is 0 Å². The van der Waals surface area contributed by atoms with E-state index in [9.17, 15) is 0 Å². The van der Waals surface area contributed by atoms with Crippen molar-refractivity contribution >= 4 is 5.96 Å². The number of nitrogens with zero attached hydrogens (tertiary/aromatic N) is 2. The summed E-state index contributed by atoms with van der Waals surface area (Å²) < 4.78 is 5.78. The van der Waals surface area contributed by atoms with Crippen LogP contribution in [0.5, 0.6) is 0 Å². The van der Waals surface area contributed by atoms with E-state index < -0.39 is 0 Å². The molecular formula is C11H21N3O. The van der Waals surface area contributed by atoms with Gasteiger partial charge >= 0.3 is 0 Å². The Kier molecular flexibility index (Phi) is 2.63. The number of hydrogen-bond acceptors (Lipinski definition) is 4. The fourth-order valence-corrected chi connectivity index (χ4v) is 3.14. The van der Waals surface area contributed by atoms with E-state index in [2.05, 4.69) is 30.7 Å². The van der Waals surface area contributed by atoms with Crippen molar-refractivity contribution in [2.24, 2.45) is 10.7 Å². The van der Waals surface area contributed by atoms with E-state index in [1.165, 1.54) is 0 Å². The molecule has 0 aliphatic carbocycles. The minimum absolute atomic E-state index is 0.135. The molecule has 0 aromatic heterocycles. The molecule has 4 nitrogen and oxygen atoms in total. The topological polar surface area (TPSA) is 50.8 Å². The SMILES string of the molecule is CCN1C(N)=NCC12CC(C)OC(C)C2. The number of aliphatic imine (C=N–C) groups is 1. The van der Waals surface area contributed by atoms with Crippen LogP contribution in [0.15, 0.2) is 4.99 Å². The highest BCUT2D eigenvalue weighted by Crippen LogP contribution is 2.36. The lowest BCUT2D eigenvalue weighted by Gasteiger charge is -2.46. The lowest BCUT2D eigenvalue weighted by atomic mass is 9.83. The van der Waals surface area contributed by atoms with Crippen LogP contribution in [0, 0.1) is 0 Å². The fraction of sp³-hybridized carbons (Fsp3) is 0.909. The Morgan fingerprint density at radius 1 is 1.47 bits per heavy atom. The molecular weight excluding hydrogens is 190 g/mol. The third-order valence-corrected chi connectivity index (χ3v) is 3.50. The Bertz CT molecular complexity index is 267. The van der Waals surface area contributed by atoms with E-state index in [-0.39, 0.29) is 5.54 Å². The van der Waals surface area contributed by atoms with Crippen LogP contribution in [0.25, 0.3) is 0 Å². The smallest absolute Gasteiger partial charge is 0.191 e. The molecule has 4 heteroatoms. The van der Waals surface area contributed by atoms with Gasteiger partial charge in [0.05, 0.1) is 24.3 Å². The van der Waals surface area contributed by atoms with Crippen molar-refractivity contribution in [1.82, 2.24) is 4.90 Å². The summed E-state index contributed by atoms with van der Waals surface area (Å²) in [5, 5.41) is 0. The Hall–Kier alpha value is -0.770. The number of likely N-dealkylation sites (N-methyl/N-ethyl adjacent to an activating group) is 1. The molecule has 0 saturated carbocycles. The lowest BCUT2D eigenvalue weighted by Crippen LogP contribution is -2.57. The van der Waals surface area contributed by atoms with Crippen LogP contribution in [-0.2, 0) is 4.74 Å². The summed E-state index contributed by atoms with van der Waals surface area (Å²) in [6.45, 7) is 8.19. The zero-order chi connectivity index (χ0) is 11.1. The van der Waals surface area contributed by atoms with Crippen molar-refractivity contribution in [2.45, 2.75) is 51.4 Å². The van der Waals surface area contributed by atoms with Gasteiger partial charge in [0, 0.05) is 6.54 Å². The van der Waals surface area contributed by atoms with Crippen LogP contribution in [0.2, 0.25) is 0 Å². The molecule has 0 amide bonds. The van der Waals surface area contributed by atoms with Gasteiger partial charge in [0.1, 0.15) is 0 Å². The van der Waals surface area contributed by atoms with Gasteiger partial charge in [-0.3, -0.25) is 4.99 Å². The van der Waals surface area contributed by atoms with Crippen LogP contribution in [0.3, 0.4) is 0 Å². The van der Waals surface area contributed by atoms with Gasteiger partial charge in [-0.1, -0.05) is 0 Å². The van der Waals surface area contributed by atoms with Crippen molar-refractivity contribution in [3.05, 3.63) is 0 Å². The first-order valence-electron chi connectivity index (χ1n) is 5.80. The van der Waals surface area contributed by atoms with E-state index in [1.54, 1.807) is 0 Å². The lowest BCUT2D eigenvalue weighted by molar-refractivity contribution is -0.0834. The highest BCUT2D eigenvalue weighted by Gasteiger charge is 2.46. The quantitative estimate of drug-likeness (QED) is 0.703. The van der Waals surface area contributed by atoms with Crippen LogP contribution in [-0.4, -0.2) is 41.7 Å². The maximum absolute atomic E-state index is 5.92. The summed E-state index contributed by atoms with van der Waals surface area (Å²) in [6, 6.07) is 0. The van der Waals surface area contributed by atoms with Gasteiger partial charge in [-0.05, 0) is 33.6 Å². The van der Waals surface area contributed by atoms with Gasteiger partial charge in [-0.2, -0.15) is 0 Å². The van der Waals surface area contributed by atoms with E-state index in [0.29, 0.717) is 18.2 Å². The molecule has 2 aliphatic heterocycles. The number of nitrogens with two attached hydrogens (primary N) is 1. The summed E-state index contributed by atoms with van der Waals surface area (Å²) in [7, 11) is 0. The second-order valence-corrected chi connectivity index (χ2v) is 4.81. The summed E-state index contributed by atoms with van der Waals surface area (Å²) in [5.74, 6) is 0.707. The minimum atomic E-state index is 0.135. The Labute approximate surface area is 91.5 Å². The van der Waals surface area contributed by atoms with Gasteiger partial charge in [0.2, 0.25) is 0 Å². The van der Waals surface area contributed by atoms with Crippen LogP contribution in [0.1, 0.15) is 33.6 Å². The Morgan fingerprint density at radius 2 is 2.07 bits per heavy atom. The van der Waals surface area contributed by atoms with Crippen molar-refractivity contribution in [1.29, 1.82) is 0 Å². The molecule has 1 spiro atoms. The number of hydrogen-bond donors (Lipinski definition) is 1. The largest absolute Gasteiger partial charge is 0.375 e. The maximum Gasteiger partial charge on any atom is 0.191 e. The van der Waals surface area contributed by atoms with Gasteiger partial charge in [-0.25, -0.2) is 0 Å². The third-order valence-electron chi connectivity index (χ3n) is 3.50. The van der Waals surface area contributed by atoms with E-state index in [0.717, 1.165) is 25.9 Å². The average Bonchev–Trinajstić information content (AvgIpc) is 2.41. The predicted molar refractivity (Wildman–Crippen MR) is 60.8 cm³/mol. The van der Waals surface area contributed by atoms with Crippen molar-refractivity contribution in [3.8, 4) is 0 Å². The monoisotopic (exact) mass is 211 g/mol. The third kappa shape index (κ3) is 1.71. The maximum atomic E-state index is 5.92. The van der Waals surface area contributed by atoms with Gasteiger partial charge < -0.3 is 15.4 Å². The number of rotatable bonds is 1. The molecule has 15 heavy (non-hydrogen) atoms. The molecule has 2 N–H and O–H groups in total. The second-order valence-electron chi connectivity index (χ2n) is 4.81. The predicted octanol–water partition coefficient (Wildman–Crippen LogP) is 0.963. The van der Waals surface area contributed by atoms with Crippen molar-refractivity contribution in [2.75, 3.05) is 13.1 Å². The van der Waals surface area contributed by atoms with E-state index in [4.69, 9.17) is 10.5 Å². The minimum Gasteiger partial charge on any atom is -0.375 e. The second kappa shape index (κ2) is 3.67. The average molecular weight is 211 g/mol. The molecule has 86 valence electrons. The number of guanidine groups is 1. The summed E-state index contributed by atoms with van der Waals surface area (Å²) >= 11 is 0. The summed E-state index contributed by atoms with van der Waals surface area (Å²) in [6.07, 6.45) is 2.69. The summed E-state index contributed by atoms with van der Waals surface area (Å²) in [5.41, 5.74) is 6.06. The first kappa shape index (κ1) is 10.7. The molecule has 2 unspecified atom stereocenters. The van der Waals surface area contributed by atoms with Gasteiger partial charge in [0.25, 0.3) is 0 Å². The number of ether oxygens (including phenoxy) is 1. The molecule has 2 rings (SSSR count). The van der Waals surface area contributed by atoms with Crippen LogP contribution >= 0.6 is 0 Å². The zero-order valence-corrected chi connectivity index (χ0v) is 9.86. The molecule has 0 aromatic carbocycles.